The summed E-state index contributed by atoms with van der Waals surface area (Å²) in [6, 6.07) is 27.5. The van der Waals surface area contributed by atoms with Gasteiger partial charge in [-0.15, -0.1) is 0 Å². The number of carbonyl (C=O) groups is 2. The zero-order chi connectivity index (χ0) is 32.7. The normalized spacial score (nSPS) is 12.1. The third-order valence-corrected chi connectivity index (χ3v) is 9.46. The van der Waals surface area contributed by atoms with E-state index in [1.165, 1.54) is 17.0 Å². The van der Waals surface area contributed by atoms with E-state index in [-0.39, 0.29) is 29.8 Å². The number of benzene rings is 4. The fraction of sp³-hybridized carbons (Fsp3) is 0.278. The Morgan fingerprint density at radius 3 is 2.09 bits per heavy atom. The van der Waals surface area contributed by atoms with Crippen molar-refractivity contribution in [2.75, 3.05) is 10.8 Å². The van der Waals surface area contributed by atoms with Crippen molar-refractivity contribution in [1.82, 2.24) is 10.2 Å². The molecule has 0 aliphatic heterocycles. The number of rotatable bonds is 12. The van der Waals surface area contributed by atoms with E-state index in [9.17, 15) is 18.0 Å². The average Bonchev–Trinajstić information content (AvgIpc) is 2.98. The summed E-state index contributed by atoms with van der Waals surface area (Å²) in [5.41, 5.74) is 4.54. The lowest BCUT2D eigenvalue weighted by Gasteiger charge is -2.34. The zero-order valence-electron chi connectivity index (χ0n) is 26.3. The van der Waals surface area contributed by atoms with E-state index >= 15 is 0 Å². The molecule has 0 heterocycles. The molecule has 0 aliphatic carbocycles. The first kappa shape index (κ1) is 33.7. The number of halogens is 1. The Hall–Kier alpha value is -4.14. The fourth-order valence-electron chi connectivity index (χ4n) is 5.19. The lowest BCUT2D eigenvalue weighted by atomic mass is 10.0. The highest BCUT2D eigenvalue weighted by Crippen LogP contribution is 2.30. The van der Waals surface area contributed by atoms with Gasteiger partial charge in [-0.3, -0.25) is 13.9 Å². The number of hydrogen-bond donors (Lipinski definition) is 1. The van der Waals surface area contributed by atoms with E-state index < -0.39 is 28.5 Å². The monoisotopic (exact) mass is 645 g/mol. The van der Waals surface area contributed by atoms with Gasteiger partial charge in [-0.05, 0) is 81.6 Å². The van der Waals surface area contributed by atoms with Crippen LogP contribution in [0.1, 0.15) is 41.7 Å². The molecular formula is C36H40ClN3O4S. The second-order valence-electron chi connectivity index (χ2n) is 11.6. The first-order valence-corrected chi connectivity index (χ1v) is 16.7. The van der Waals surface area contributed by atoms with Gasteiger partial charge in [0, 0.05) is 24.0 Å². The predicted octanol–water partition coefficient (Wildman–Crippen LogP) is 6.63. The van der Waals surface area contributed by atoms with Gasteiger partial charge >= 0.3 is 0 Å². The lowest BCUT2D eigenvalue weighted by Crippen LogP contribution is -2.54. The van der Waals surface area contributed by atoms with Crippen molar-refractivity contribution in [3.8, 4) is 0 Å². The molecule has 4 aromatic carbocycles. The van der Waals surface area contributed by atoms with E-state index in [4.69, 9.17) is 11.6 Å². The van der Waals surface area contributed by atoms with Crippen LogP contribution in [0.15, 0.2) is 102 Å². The Balaban J connectivity index is 1.83. The molecule has 7 nitrogen and oxygen atoms in total. The molecular weight excluding hydrogens is 606 g/mol. The Morgan fingerprint density at radius 1 is 0.800 bits per heavy atom. The van der Waals surface area contributed by atoms with Gasteiger partial charge in [0.15, 0.2) is 0 Å². The maximum atomic E-state index is 14.6. The average molecular weight is 646 g/mol. The second kappa shape index (κ2) is 14.8. The molecule has 0 aliphatic rings. The van der Waals surface area contributed by atoms with E-state index in [2.05, 4.69) is 5.32 Å². The molecule has 4 rings (SSSR count). The van der Waals surface area contributed by atoms with Crippen molar-refractivity contribution in [2.24, 2.45) is 0 Å². The number of nitrogens with one attached hydrogen (secondary N) is 1. The minimum Gasteiger partial charge on any atom is -0.352 e. The first-order chi connectivity index (χ1) is 21.3. The third kappa shape index (κ3) is 8.74. The van der Waals surface area contributed by atoms with Gasteiger partial charge in [-0.25, -0.2) is 8.42 Å². The Morgan fingerprint density at radius 2 is 1.47 bits per heavy atom. The molecule has 1 atom stereocenters. The molecule has 9 heteroatoms. The minimum absolute atomic E-state index is 0.0545. The van der Waals surface area contributed by atoms with Crippen LogP contribution in [0.2, 0.25) is 5.02 Å². The molecule has 1 unspecified atom stereocenters. The minimum atomic E-state index is -4.20. The highest BCUT2D eigenvalue weighted by Gasteiger charge is 2.35. The smallest absolute Gasteiger partial charge is 0.264 e. The van der Waals surface area contributed by atoms with Crippen LogP contribution in [0, 0.1) is 20.8 Å². The van der Waals surface area contributed by atoms with Crippen LogP contribution in [0.3, 0.4) is 0 Å². The molecule has 1 N–H and O–H groups in total. The van der Waals surface area contributed by atoms with Crippen molar-refractivity contribution in [3.05, 3.63) is 130 Å². The van der Waals surface area contributed by atoms with E-state index in [1.54, 1.807) is 37.3 Å². The summed E-state index contributed by atoms with van der Waals surface area (Å²) in [7, 11) is -4.20. The number of sulfonamides is 1. The van der Waals surface area contributed by atoms with Crippen molar-refractivity contribution < 1.29 is 18.0 Å². The van der Waals surface area contributed by atoms with Crippen LogP contribution in [-0.2, 0) is 32.6 Å². The van der Waals surface area contributed by atoms with Crippen LogP contribution in [0.25, 0.3) is 0 Å². The molecule has 0 radical (unpaired) electrons. The van der Waals surface area contributed by atoms with Crippen molar-refractivity contribution in [1.29, 1.82) is 0 Å². The molecule has 0 spiro atoms. The maximum absolute atomic E-state index is 14.6. The number of amides is 2. The van der Waals surface area contributed by atoms with Crippen molar-refractivity contribution in [2.45, 2.75) is 64.6 Å². The van der Waals surface area contributed by atoms with Crippen LogP contribution in [-0.4, -0.2) is 43.8 Å². The van der Waals surface area contributed by atoms with Crippen LogP contribution in [0.5, 0.6) is 0 Å². The lowest BCUT2D eigenvalue weighted by molar-refractivity contribution is -0.140. The maximum Gasteiger partial charge on any atom is 0.264 e. The number of carbonyl (C=O) groups excluding carboxylic acids is 2. The highest BCUT2D eigenvalue weighted by atomic mass is 35.5. The van der Waals surface area contributed by atoms with Gasteiger partial charge in [0.1, 0.15) is 12.6 Å². The van der Waals surface area contributed by atoms with E-state index in [1.807, 2.05) is 82.3 Å². The van der Waals surface area contributed by atoms with Crippen LogP contribution in [0.4, 0.5) is 5.69 Å². The quantitative estimate of drug-likeness (QED) is 0.188. The SMILES string of the molecule is Cc1ccc(S(=O)(=O)N(CC(=O)N(Cc2cccc(C)c2)C(Cc2ccccc2)C(=O)NC(C)C)c2ccc(Cl)cc2C)cc1. The van der Waals surface area contributed by atoms with Gasteiger partial charge < -0.3 is 10.2 Å². The zero-order valence-corrected chi connectivity index (χ0v) is 27.9. The van der Waals surface area contributed by atoms with E-state index in [0.29, 0.717) is 16.3 Å². The third-order valence-electron chi connectivity index (χ3n) is 7.45. The number of nitrogens with zero attached hydrogens (tertiary/aromatic N) is 2. The number of hydrogen-bond acceptors (Lipinski definition) is 4. The van der Waals surface area contributed by atoms with Gasteiger partial charge in [-0.1, -0.05) is 89.5 Å². The van der Waals surface area contributed by atoms with Gasteiger partial charge in [-0.2, -0.15) is 0 Å². The van der Waals surface area contributed by atoms with Crippen LogP contribution >= 0.6 is 11.6 Å². The predicted molar refractivity (Wildman–Crippen MR) is 181 cm³/mol. The molecule has 236 valence electrons. The molecule has 0 aromatic heterocycles. The standard InChI is InChI=1S/C36H40ClN3O4S/c1-25(2)38-36(42)34(22-29-11-7-6-8-12-29)39(23-30-13-9-10-27(4)20-30)35(41)24-40(33-19-16-31(37)21-28(33)5)45(43,44)32-17-14-26(3)15-18-32/h6-21,25,34H,22-24H2,1-5H3,(H,38,42). The van der Waals surface area contributed by atoms with Crippen molar-refractivity contribution in [3.63, 3.8) is 0 Å². The molecule has 4 aromatic rings. The summed E-state index contributed by atoms with van der Waals surface area (Å²) in [6.07, 6.45) is 0.252. The molecule has 0 saturated carbocycles. The molecule has 45 heavy (non-hydrogen) atoms. The van der Waals surface area contributed by atoms with Gasteiger partial charge in [0.2, 0.25) is 11.8 Å². The summed E-state index contributed by atoms with van der Waals surface area (Å²) in [6.45, 7) is 8.91. The molecule has 0 saturated heterocycles. The summed E-state index contributed by atoms with van der Waals surface area (Å²) in [4.78, 5) is 29.9. The first-order valence-electron chi connectivity index (χ1n) is 14.9. The molecule has 2 amide bonds. The van der Waals surface area contributed by atoms with Gasteiger partial charge in [0.25, 0.3) is 10.0 Å². The Kier molecular flexibility index (Phi) is 11.1. The van der Waals surface area contributed by atoms with Gasteiger partial charge in [0.05, 0.1) is 10.6 Å². The Bertz CT molecular complexity index is 1740. The molecule has 0 bridgehead atoms. The number of aryl methyl sites for hydroxylation is 3. The largest absolute Gasteiger partial charge is 0.352 e. The Labute approximate surface area is 271 Å². The number of anilines is 1. The summed E-state index contributed by atoms with van der Waals surface area (Å²) >= 11 is 6.24. The van der Waals surface area contributed by atoms with E-state index in [0.717, 1.165) is 26.6 Å². The summed E-state index contributed by atoms with van der Waals surface area (Å²) < 4.78 is 29.6. The van der Waals surface area contributed by atoms with Crippen molar-refractivity contribution >= 4 is 39.1 Å². The second-order valence-corrected chi connectivity index (χ2v) is 13.9. The highest BCUT2D eigenvalue weighted by molar-refractivity contribution is 7.92. The topological polar surface area (TPSA) is 86.8 Å². The molecule has 0 fully saturated rings. The summed E-state index contributed by atoms with van der Waals surface area (Å²) in [5.74, 6) is -0.827. The van der Waals surface area contributed by atoms with Crippen LogP contribution < -0.4 is 9.62 Å². The summed E-state index contributed by atoms with van der Waals surface area (Å²) in [5, 5.41) is 3.43. The fourth-order valence-corrected chi connectivity index (χ4v) is 6.90.